The molecule has 1 N–H and O–H groups in total. The van der Waals surface area contributed by atoms with Gasteiger partial charge in [0.15, 0.2) is 0 Å². The van der Waals surface area contributed by atoms with Gasteiger partial charge in [-0.15, -0.1) is 0 Å². The average molecular weight is 297 g/mol. The highest BCUT2D eigenvalue weighted by atomic mass is 19.1. The Balaban J connectivity index is 1.85. The van der Waals surface area contributed by atoms with Crippen molar-refractivity contribution in [1.29, 1.82) is 0 Å². The van der Waals surface area contributed by atoms with Gasteiger partial charge in [-0.25, -0.2) is 4.39 Å². The molecule has 0 fully saturated rings. The highest BCUT2D eigenvalue weighted by molar-refractivity contribution is 5.82. The van der Waals surface area contributed by atoms with Crippen molar-refractivity contribution in [2.75, 3.05) is 0 Å². The number of rotatable bonds is 4. The molecular formula is C18H16FNO2. The third-order valence-electron chi connectivity index (χ3n) is 3.53. The molecule has 0 aliphatic carbocycles. The lowest BCUT2D eigenvalue weighted by atomic mass is 10.1. The van der Waals surface area contributed by atoms with E-state index in [2.05, 4.69) is 4.98 Å². The average Bonchev–Trinajstić information content (AvgIpc) is 2.55. The van der Waals surface area contributed by atoms with Gasteiger partial charge < -0.3 is 9.84 Å². The predicted octanol–water partition coefficient (Wildman–Crippen LogP) is 4.01. The van der Waals surface area contributed by atoms with Gasteiger partial charge in [0.25, 0.3) is 0 Å². The number of halogens is 1. The molecule has 0 aliphatic heterocycles. The Morgan fingerprint density at radius 3 is 2.86 bits per heavy atom. The van der Waals surface area contributed by atoms with Crippen molar-refractivity contribution >= 4 is 10.9 Å². The maximum atomic E-state index is 13.8. The molecule has 112 valence electrons. The van der Waals surface area contributed by atoms with Crippen molar-refractivity contribution in [1.82, 2.24) is 4.98 Å². The molecule has 0 aliphatic rings. The van der Waals surface area contributed by atoms with Crippen molar-refractivity contribution in [2.24, 2.45) is 0 Å². The molecule has 1 aromatic heterocycles. The maximum absolute atomic E-state index is 13.8. The number of ether oxygens (including phenoxy) is 1. The maximum Gasteiger partial charge on any atom is 0.132 e. The molecule has 0 amide bonds. The molecule has 0 saturated heterocycles. The summed E-state index contributed by atoms with van der Waals surface area (Å²) in [6, 6.07) is 13.8. The molecule has 0 spiro atoms. The summed E-state index contributed by atoms with van der Waals surface area (Å²) in [5.74, 6) is 0.370. The summed E-state index contributed by atoms with van der Waals surface area (Å²) < 4.78 is 19.5. The van der Waals surface area contributed by atoms with Crippen molar-refractivity contribution in [2.45, 2.75) is 19.6 Å². The number of pyridine rings is 1. The molecule has 4 heteroatoms. The second kappa shape index (κ2) is 6.12. The van der Waals surface area contributed by atoms with Crippen LogP contribution in [0.1, 0.15) is 24.2 Å². The molecular weight excluding hydrogens is 281 g/mol. The Bertz CT molecular complexity index is 802. The van der Waals surface area contributed by atoms with Crippen LogP contribution in [0.2, 0.25) is 0 Å². The van der Waals surface area contributed by atoms with E-state index in [1.54, 1.807) is 37.4 Å². The van der Waals surface area contributed by atoms with E-state index in [1.165, 1.54) is 6.07 Å². The third-order valence-corrected chi connectivity index (χ3v) is 3.53. The molecule has 2 aromatic carbocycles. The van der Waals surface area contributed by atoms with E-state index in [0.29, 0.717) is 16.7 Å². The Hall–Kier alpha value is -2.46. The molecule has 0 bridgehead atoms. The third kappa shape index (κ3) is 2.92. The van der Waals surface area contributed by atoms with E-state index < -0.39 is 6.10 Å². The highest BCUT2D eigenvalue weighted by Gasteiger charge is 2.08. The van der Waals surface area contributed by atoms with E-state index >= 15 is 0 Å². The molecule has 0 saturated carbocycles. The number of aromatic nitrogens is 1. The van der Waals surface area contributed by atoms with E-state index in [9.17, 15) is 9.50 Å². The van der Waals surface area contributed by atoms with Crippen LogP contribution in [0, 0.1) is 5.82 Å². The Kier molecular flexibility index (Phi) is 4.02. The first-order chi connectivity index (χ1) is 10.6. The van der Waals surface area contributed by atoms with E-state index in [0.717, 1.165) is 11.1 Å². The van der Waals surface area contributed by atoms with Crippen molar-refractivity contribution < 1.29 is 14.2 Å². The lowest BCUT2D eigenvalue weighted by molar-refractivity contribution is 0.198. The number of aliphatic hydroxyl groups excluding tert-OH is 1. The number of aliphatic hydroxyl groups is 1. The lowest BCUT2D eigenvalue weighted by Crippen LogP contribution is -1.99. The van der Waals surface area contributed by atoms with Gasteiger partial charge in [0.2, 0.25) is 0 Å². The first-order valence-electron chi connectivity index (χ1n) is 7.08. The number of hydrogen-bond donors (Lipinski definition) is 1. The number of nitrogens with zero attached hydrogens (tertiary/aromatic N) is 1. The first-order valence-corrected chi connectivity index (χ1v) is 7.08. The van der Waals surface area contributed by atoms with Crippen LogP contribution in [-0.2, 0) is 6.61 Å². The summed E-state index contributed by atoms with van der Waals surface area (Å²) in [6.07, 6.45) is 1.09. The summed E-state index contributed by atoms with van der Waals surface area (Å²) >= 11 is 0. The fourth-order valence-electron chi connectivity index (χ4n) is 2.34. The van der Waals surface area contributed by atoms with Crippen LogP contribution in [0.25, 0.3) is 10.9 Å². The fourth-order valence-corrected chi connectivity index (χ4v) is 2.34. The standard InChI is InChI=1S/C18H16FNO2/c1-12(21)13-4-2-5-15(10-13)22-11-14-7-8-17(19)16-6-3-9-20-18(14)16/h2-10,12,21H,11H2,1H3. The summed E-state index contributed by atoms with van der Waals surface area (Å²) in [5, 5.41) is 10.1. The Morgan fingerprint density at radius 1 is 1.18 bits per heavy atom. The Morgan fingerprint density at radius 2 is 2.05 bits per heavy atom. The molecule has 1 unspecified atom stereocenters. The van der Waals surface area contributed by atoms with Gasteiger partial charge in [-0.2, -0.15) is 0 Å². The van der Waals surface area contributed by atoms with E-state index in [-0.39, 0.29) is 12.4 Å². The molecule has 22 heavy (non-hydrogen) atoms. The summed E-state index contributed by atoms with van der Waals surface area (Å²) in [5.41, 5.74) is 2.22. The van der Waals surface area contributed by atoms with Gasteiger partial charge >= 0.3 is 0 Å². The van der Waals surface area contributed by atoms with Crippen LogP contribution in [0.4, 0.5) is 4.39 Å². The van der Waals surface area contributed by atoms with Gasteiger partial charge in [-0.3, -0.25) is 4.98 Å². The van der Waals surface area contributed by atoms with Crippen LogP contribution in [0.5, 0.6) is 5.75 Å². The lowest BCUT2D eigenvalue weighted by Gasteiger charge is -2.11. The van der Waals surface area contributed by atoms with Gasteiger partial charge in [-0.1, -0.05) is 18.2 Å². The topological polar surface area (TPSA) is 42.4 Å². The van der Waals surface area contributed by atoms with Gasteiger partial charge in [0.1, 0.15) is 18.2 Å². The zero-order valence-electron chi connectivity index (χ0n) is 12.2. The van der Waals surface area contributed by atoms with Crippen molar-refractivity contribution in [3.05, 3.63) is 71.7 Å². The van der Waals surface area contributed by atoms with Crippen LogP contribution >= 0.6 is 0 Å². The predicted molar refractivity (Wildman–Crippen MR) is 83.1 cm³/mol. The van der Waals surface area contributed by atoms with Crippen LogP contribution in [0.3, 0.4) is 0 Å². The zero-order valence-corrected chi connectivity index (χ0v) is 12.2. The molecule has 3 aromatic rings. The monoisotopic (exact) mass is 297 g/mol. The van der Waals surface area contributed by atoms with E-state index in [1.807, 2.05) is 18.2 Å². The smallest absolute Gasteiger partial charge is 0.132 e. The highest BCUT2D eigenvalue weighted by Crippen LogP contribution is 2.23. The molecule has 3 nitrogen and oxygen atoms in total. The minimum atomic E-state index is -0.545. The van der Waals surface area contributed by atoms with Crippen LogP contribution < -0.4 is 4.74 Å². The summed E-state index contributed by atoms with van der Waals surface area (Å²) in [6.45, 7) is 1.99. The van der Waals surface area contributed by atoms with E-state index in [4.69, 9.17) is 4.74 Å². The Labute approximate surface area is 128 Å². The molecule has 1 heterocycles. The zero-order chi connectivity index (χ0) is 15.5. The summed E-state index contributed by atoms with van der Waals surface area (Å²) in [4.78, 5) is 4.24. The number of hydrogen-bond acceptors (Lipinski definition) is 3. The largest absolute Gasteiger partial charge is 0.489 e. The van der Waals surface area contributed by atoms with Crippen molar-refractivity contribution in [3.8, 4) is 5.75 Å². The summed E-state index contributed by atoms with van der Waals surface area (Å²) in [7, 11) is 0. The van der Waals surface area contributed by atoms with Gasteiger partial charge in [0.05, 0.1) is 11.6 Å². The minimum absolute atomic E-state index is 0.289. The van der Waals surface area contributed by atoms with Crippen LogP contribution in [0.15, 0.2) is 54.7 Å². The minimum Gasteiger partial charge on any atom is -0.489 e. The number of benzene rings is 2. The van der Waals surface area contributed by atoms with Gasteiger partial charge in [-0.05, 0) is 42.8 Å². The van der Waals surface area contributed by atoms with Gasteiger partial charge in [0, 0.05) is 17.1 Å². The quantitative estimate of drug-likeness (QED) is 0.791. The SMILES string of the molecule is CC(O)c1cccc(OCc2ccc(F)c3cccnc23)c1. The van der Waals surface area contributed by atoms with Crippen LogP contribution in [-0.4, -0.2) is 10.1 Å². The normalized spacial score (nSPS) is 12.3. The second-order valence-corrected chi connectivity index (χ2v) is 5.14. The number of fused-ring (bicyclic) bond motifs is 1. The second-order valence-electron chi connectivity index (χ2n) is 5.14. The first kappa shape index (κ1) is 14.5. The molecule has 3 rings (SSSR count). The molecule has 0 radical (unpaired) electrons. The fraction of sp³-hybridized carbons (Fsp3) is 0.167. The van der Waals surface area contributed by atoms with Crippen molar-refractivity contribution in [3.63, 3.8) is 0 Å². The molecule has 1 atom stereocenters.